The largest absolute Gasteiger partial charge is 0.316 e. The van der Waals surface area contributed by atoms with Gasteiger partial charge in [-0.05, 0) is 69.4 Å². The van der Waals surface area contributed by atoms with Crippen molar-refractivity contribution >= 4 is 0 Å². The van der Waals surface area contributed by atoms with Crippen LogP contribution in [0.3, 0.4) is 0 Å². The molecule has 0 aromatic heterocycles. The van der Waals surface area contributed by atoms with Crippen molar-refractivity contribution in [2.24, 2.45) is 5.92 Å². The standard InChI is InChI=1S/C15H24N2/c1-11-6-12(2)15(13(3)7-11)10-17-9-14-4-5-16-8-14/h6-7,14,16-17H,4-5,8-10H2,1-3H3. The van der Waals surface area contributed by atoms with Crippen molar-refractivity contribution in [2.75, 3.05) is 19.6 Å². The minimum Gasteiger partial charge on any atom is -0.316 e. The monoisotopic (exact) mass is 232 g/mol. The highest BCUT2D eigenvalue weighted by Crippen LogP contribution is 2.16. The molecule has 0 saturated carbocycles. The summed E-state index contributed by atoms with van der Waals surface area (Å²) in [7, 11) is 0. The van der Waals surface area contributed by atoms with Gasteiger partial charge in [0.2, 0.25) is 0 Å². The van der Waals surface area contributed by atoms with Gasteiger partial charge in [-0.1, -0.05) is 17.7 Å². The first-order valence-corrected chi connectivity index (χ1v) is 6.65. The van der Waals surface area contributed by atoms with Crippen LogP contribution in [-0.2, 0) is 6.54 Å². The molecule has 2 nitrogen and oxygen atoms in total. The number of nitrogens with one attached hydrogen (secondary N) is 2. The summed E-state index contributed by atoms with van der Waals surface area (Å²) in [4.78, 5) is 0. The van der Waals surface area contributed by atoms with Crippen LogP contribution in [0.1, 0.15) is 28.7 Å². The fourth-order valence-electron chi connectivity index (χ4n) is 2.78. The summed E-state index contributed by atoms with van der Waals surface area (Å²) in [6, 6.07) is 4.56. The van der Waals surface area contributed by atoms with Crippen LogP contribution in [0.4, 0.5) is 0 Å². The second kappa shape index (κ2) is 5.65. The molecule has 1 heterocycles. The summed E-state index contributed by atoms with van der Waals surface area (Å²) in [6.45, 7) is 11.1. The maximum Gasteiger partial charge on any atom is 0.0210 e. The van der Waals surface area contributed by atoms with E-state index in [1.165, 1.54) is 41.8 Å². The molecule has 1 aromatic carbocycles. The lowest BCUT2D eigenvalue weighted by Crippen LogP contribution is -2.24. The van der Waals surface area contributed by atoms with E-state index in [1.54, 1.807) is 0 Å². The zero-order valence-electron chi connectivity index (χ0n) is 11.3. The van der Waals surface area contributed by atoms with E-state index in [-0.39, 0.29) is 0 Å². The topological polar surface area (TPSA) is 24.1 Å². The van der Waals surface area contributed by atoms with E-state index in [2.05, 4.69) is 43.5 Å². The molecule has 94 valence electrons. The molecule has 0 spiro atoms. The van der Waals surface area contributed by atoms with Crippen molar-refractivity contribution in [1.29, 1.82) is 0 Å². The van der Waals surface area contributed by atoms with E-state index in [9.17, 15) is 0 Å². The van der Waals surface area contributed by atoms with E-state index < -0.39 is 0 Å². The highest BCUT2D eigenvalue weighted by atomic mass is 14.9. The van der Waals surface area contributed by atoms with Crippen LogP contribution in [-0.4, -0.2) is 19.6 Å². The lowest BCUT2D eigenvalue weighted by Gasteiger charge is -2.14. The summed E-state index contributed by atoms with van der Waals surface area (Å²) >= 11 is 0. The molecule has 0 aliphatic carbocycles. The quantitative estimate of drug-likeness (QED) is 0.832. The number of hydrogen-bond donors (Lipinski definition) is 2. The van der Waals surface area contributed by atoms with Crippen molar-refractivity contribution in [2.45, 2.75) is 33.7 Å². The molecule has 17 heavy (non-hydrogen) atoms. The lowest BCUT2D eigenvalue weighted by molar-refractivity contribution is 0.511. The average Bonchev–Trinajstić information content (AvgIpc) is 2.74. The van der Waals surface area contributed by atoms with E-state index >= 15 is 0 Å². The molecule has 0 bridgehead atoms. The summed E-state index contributed by atoms with van der Waals surface area (Å²) in [6.07, 6.45) is 1.32. The highest BCUT2D eigenvalue weighted by Gasteiger charge is 2.13. The van der Waals surface area contributed by atoms with Crippen LogP contribution in [0.15, 0.2) is 12.1 Å². The Morgan fingerprint density at radius 1 is 1.24 bits per heavy atom. The van der Waals surface area contributed by atoms with Gasteiger partial charge in [-0.15, -0.1) is 0 Å². The predicted octanol–water partition coefficient (Wildman–Crippen LogP) is 2.31. The van der Waals surface area contributed by atoms with Gasteiger partial charge in [0.05, 0.1) is 0 Å². The molecule has 2 N–H and O–H groups in total. The lowest BCUT2D eigenvalue weighted by atomic mass is 9.99. The molecular weight excluding hydrogens is 208 g/mol. The first-order chi connectivity index (χ1) is 8.16. The van der Waals surface area contributed by atoms with Gasteiger partial charge < -0.3 is 10.6 Å². The van der Waals surface area contributed by atoms with Crippen LogP contribution < -0.4 is 10.6 Å². The Kier molecular flexibility index (Phi) is 4.19. The fourth-order valence-corrected chi connectivity index (χ4v) is 2.78. The minimum atomic E-state index is 0.820. The second-order valence-corrected chi connectivity index (χ2v) is 5.37. The molecule has 0 radical (unpaired) electrons. The molecule has 2 rings (SSSR count). The van der Waals surface area contributed by atoms with Gasteiger partial charge in [0, 0.05) is 6.54 Å². The highest BCUT2D eigenvalue weighted by molar-refractivity contribution is 5.37. The van der Waals surface area contributed by atoms with E-state index in [0.717, 1.165) is 19.0 Å². The zero-order valence-corrected chi connectivity index (χ0v) is 11.3. The van der Waals surface area contributed by atoms with Gasteiger partial charge >= 0.3 is 0 Å². The summed E-state index contributed by atoms with van der Waals surface area (Å²) < 4.78 is 0. The van der Waals surface area contributed by atoms with Crippen LogP contribution >= 0.6 is 0 Å². The van der Waals surface area contributed by atoms with Gasteiger partial charge in [0.25, 0.3) is 0 Å². The maximum absolute atomic E-state index is 3.60. The summed E-state index contributed by atoms with van der Waals surface area (Å²) in [5, 5.41) is 7.02. The first kappa shape index (κ1) is 12.6. The SMILES string of the molecule is Cc1cc(C)c(CNCC2CCNC2)c(C)c1. The Balaban J connectivity index is 1.89. The summed E-state index contributed by atoms with van der Waals surface area (Å²) in [5.41, 5.74) is 5.67. The minimum absolute atomic E-state index is 0.820. The Morgan fingerprint density at radius 3 is 2.53 bits per heavy atom. The number of aryl methyl sites for hydroxylation is 3. The van der Waals surface area contributed by atoms with Crippen molar-refractivity contribution in [3.63, 3.8) is 0 Å². The van der Waals surface area contributed by atoms with Gasteiger partial charge in [0.1, 0.15) is 0 Å². The molecule has 1 saturated heterocycles. The number of rotatable bonds is 4. The van der Waals surface area contributed by atoms with E-state index in [1.807, 2.05) is 0 Å². The van der Waals surface area contributed by atoms with Crippen molar-refractivity contribution in [3.05, 3.63) is 34.4 Å². The van der Waals surface area contributed by atoms with Gasteiger partial charge in [0.15, 0.2) is 0 Å². The van der Waals surface area contributed by atoms with Crippen LogP contribution in [0.5, 0.6) is 0 Å². The van der Waals surface area contributed by atoms with E-state index in [0.29, 0.717) is 0 Å². The van der Waals surface area contributed by atoms with Crippen molar-refractivity contribution in [1.82, 2.24) is 10.6 Å². The van der Waals surface area contributed by atoms with Gasteiger partial charge in [-0.3, -0.25) is 0 Å². The first-order valence-electron chi connectivity index (χ1n) is 6.65. The smallest absolute Gasteiger partial charge is 0.0210 e. The molecule has 1 fully saturated rings. The predicted molar refractivity (Wildman–Crippen MR) is 73.3 cm³/mol. The molecule has 1 aliphatic heterocycles. The normalized spacial score (nSPS) is 19.8. The Hall–Kier alpha value is -0.860. The second-order valence-electron chi connectivity index (χ2n) is 5.37. The Bertz CT molecular complexity index is 356. The van der Waals surface area contributed by atoms with E-state index in [4.69, 9.17) is 0 Å². The maximum atomic E-state index is 3.60. The molecule has 1 unspecified atom stereocenters. The number of benzene rings is 1. The molecule has 1 aromatic rings. The third kappa shape index (κ3) is 3.30. The van der Waals surface area contributed by atoms with Gasteiger partial charge in [-0.2, -0.15) is 0 Å². The zero-order chi connectivity index (χ0) is 12.3. The van der Waals surface area contributed by atoms with Crippen LogP contribution in [0, 0.1) is 26.7 Å². The van der Waals surface area contributed by atoms with Crippen LogP contribution in [0.2, 0.25) is 0 Å². The number of hydrogen-bond acceptors (Lipinski definition) is 2. The fraction of sp³-hybridized carbons (Fsp3) is 0.600. The van der Waals surface area contributed by atoms with Gasteiger partial charge in [-0.25, -0.2) is 0 Å². The molecule has 1 atom stereocenters. The summed E-state index contributed by atoms with van der Waals surface area (Å²) in [5.74, 6) is 0.820. The third-order valence-corrected chi connectivity index (χ3v) is 3.74. The molecule has 2 heteroatoms. The van der Waals surface area contributed by atoms with Crippen LogP contribution in [0.25, 0.3) is 0 Å². The Labute approximate surface area is 105 Å². The van der Waals surface area contributed by atoms with Crippen molar-refractivity contribution in [3.8, 4) is 0 Å². The third-order valence-electron chi connectivity index (χ3n) is 3.74. The molecule has 0 amide bonds. The molecule has 1 aliphatic rings. The van der Waals surface area contributed by atoms with Crippen molar-refractivity contribution < 1.29 is 0 Å². The molecular formula is C15H24N2. The average molecular weight is 232 g/mol. The Morgan fingerprint density at radius 2 is 1.94 bits per heavy atom.